The number of aryl methyl sites for hydroxylation is 1. The molecule has 0 saturated carbocycles. The Labute approximate surface area is 123 Å². The normalized spacial score (nSPS) is 10.8. The molecule has 2 aromatic rings. The molecule has 1 aromatic carbocycles. The van der Waals surface area contributed by atoms with Crippen LogP contribution in [0.4, 0.5) is 0 Å². The van der Waals surface area contributed by atoms with Crippen LogP contribution in [0.25, 0.3) is 0 Å². The second kappa shape index (κ2) is 7.26. The third kappa shape index (κ3) is 3.71. The minimum atomic E-state index is 0.357. The average molecular weight is 295 g/mol. The zero-order valence-corrected chi connectivity index (χ0v) is 12.3. The molecule has 0 spiro atoms. The number of halogens is 1. The van der Waals surface area contributed by atoms with Gasteiger partial charge in [0, 0.05) is 6.54 Å². The predicted octanol–water partition coefficient (Wildman–Crippen LogP) is 2.42. The molecule has 20 heavy (non-hydrogen) atoms. The van der Waals surface area contributed by atoms with Crippen molar-refractivity contribution in [3.05, 3.63) is 40.9 Å². The van der Waals surface area contributed by atoms with Crippen LogP contribution in [-0.2, 0) is 19.6 Å². The highest BCUT2D eigenvalue weighted by Crippen LogP contribution is 2.26. The van der Waals surface area contributed by atoms with Crippen molar-refractivity contribution in [1.82, 2.24) is 14.8 Å². The first-order chi connectivity index (χ1) is 9.74. The summed E-state index contributed by atoms with van der Waals surface area (Å²) in [5.74, 6) is 1.45. The molecule has 0 unspecified atom stereocenters. The van der Waals surface area contributed by atoms with Gasteiger partial charge in [-0.25, -0.2) is 9.67 Å². The van der Waals surface area contributed by atoms with Gasteiger partial charge in [0.1, 0.15) is 18.7 Å². The number of benzene rings is 1. The Bertz CT molecular complexity index is 556. The molecular weight excluding hydrogens is 276 g/mol. The lowest BCUT2D eigenvalue weighted by molar-refractivity contribution is 0.286. The van der Waals surface area contributed by atoms with E-state index in [1.54, 1.807) is 6.33 Å². The van der Waals surface area contributed by atoms with Gasteiger partial charge in [0.15, 0.2) is 5.82 Å². The Morgan fingerprint density at radius 3 is 2.95 bits per heavy atom. The lowest BCUT2D eigenvalue weighted by Crippen LogP contribution is -2.08. The molecule has 5 nitrogen and oxygen atoms in total. The molecule has 0 aliphatic rings. The molecule has 2 rings (SSSR count). The Kier molecular flexibility index (Phi) is 5.38. The number of nitrogens with zero attached hydrogens (tertiary/aromatic N) is 3. The molecule has 108 valence electrons. The van der Waals surface area contributed by atoms with Crippen molar-refractivity contribution in [3.63, 3.8) is 0 Å². The molecule has 0 radical (unpaired) electrons. The van der Waals surface area contributed by atoms with Crippen LogP contribution >= 0.6 is 11.6 Å². The summed E-state index contributed by atoms with van der Waals surface area (Å²) in [6.07, 6.45) is 3.36. The molecule has 0 fully saturated rings. The Balaban J connectivity index is 2.01. The van der Waals surface area contributed by atoms with Crippen molar-refractivity contribution in [2.45, 2.75) is 32.9 Å². The summed E-state index contributed by atoms with van der Waals surface area (Å²) in [4.78, 5) is 4.19. The Morgan fingerprint density at radius 1 is 1.40 bits per heavy atom. The zero-order chi connectivity index (χ0) is 14.4. The van der Waals surface area contributed by atoms with Crippen LogP contribution < -0.4 is 10.5 Å². The van der Waals surface area contributed by atoms with E-state index in [1.807, 2.05) is 22.9 Å². The molecule has 0 aliphatic carbocycles. The molecule has 0 atom stereocenters. The summed E-state index contributed by atoms with van der Waals surface area (Å²) in [6.45, 7) is 3.90. The number of hydrogen-bond acceptors (Lipinski definition) is 4. The molecule has 0 aliphatic heterocycles. The first-order valence-corrected chi connectivity index (χ1v) is 7.10. The van der Waals surface area contributed by atoms with Crippen molar-refractivity contribution in [1.29, 1.82) is 0 Å². The topological polar surface area (TPSA) is 66.0 Å². The van der Waals surface area contributed by atoms with Crippen molar-refractivity contribution in [2.24, 2.45) is 5.73 Å². The molecule has 2 N–H and O–H groups in total. The number of hydrogen-bond donors (Lipinski definition) is 1. The van der Waals surface area contributed by atoms with E-state index >= 15 is 0 Å². The Hall–Kier alpha value is -1.59. The van der Waals surface area contributed by atoms with Crippen molar-refractivity contribution >= 4 is 11.6 Å². The minimum Gasteiger partial charge on any atom is -0.484 e. The van der Waals surface area contributed by atoms with Crippen molar-refractivity contribution in [2.75, 3.05) is 6.54 Å². The van der Waals surface area contributed by atoms with Gasteiger partial charge in [-0.3, -0.25) is 0 Å². The maximum Gasteiger partial charge on any atom is 0.164 e. The van der Waals surface area contributed by atoms with Gasteiger partial charge in [-0.1, -0.05) is 24.6 Å². The van der Waals surface area contributed by atoms with Gasteiger partial charge < -0.3 is 10.5 Å². The molecule has 0 amide bonds. The number of rotatable bonds is 7. The summed E-state index contributed by atoms with van der Waals surface area (Å²) >= 11 is 6.20. The van der Waals surface area contributed by atoms with E-state index in [4.69, 9.17) is 22.1 Å². The standard InChI is InChI=1S/C14H19ClN4O/c1-2-7-19-14(17-10-18-19)9-20-13-4-3-11(5-6-16)8-12(13)15/h3-4,8,10H,2,5-7,9,16H2,1H3. The van der Waals surface area contributed by atoms with E-state index in [2.05, 4.69) is 17.0 Å². The van der Waals surface area contributed by atoms with Crippen LogP contribution in [0.15, 0.2) is 24.5 Å². The zero-order valence-electron chi connectivity index (χ0n) is 11.6. The number of ether oxygens (including phenoxy) is 1. The van der Waals surface area contributed by atoms with Gasteiger partial charge in [0.05, 0.1) is 5.02 Å². The summed E-state index contributed by atoms with van der Waals surface area (Å²) < 4.78 is 7.56. The summed E-state index contributed by atoms with van der Waals surface area (Å²) in [7, 11) is 0. The fourth-order valence-corrected chi connectivity index (χ4v) is 2.18. The molecule has 0 bridgehead atoms. The predicted molar refractivity (Wildman–Crippen MR) is 78.9 cm³/mol. The van der Waals surface area contributed by atoms with Crippen LogP contribution in [-0.4, -0.2) is 21.3 Å². The highest BCUT2D eigenvalue weighted by molar-refractivity contribution is 6.32. The smallest absolute Gasteiger partial charge is 0.164 e. The summed E-state index contributed by atoms with van der Waals surface area (Å²) in [5.41, 5.74) is 6.63. The maximum atomic E-state index is 6.20. The average Bonchev–Trinajstić information content (AvgIpc) is 2.86. The van der Waals surface area contributed by atoms with E-state index in [1.165, 1.54) is 0 Å². The first-order valence-electron chi connectivity index (χ1n) is 6.72. The van der Waals surface area contributed by atoms with Gasteiger partial charge in [0.2, 0.25) is 0 Å². The fraction of sp³-hybridized carbons (Fsp3) is 0.429. The van der Waals surface area contributed by atoms with E-state index in [-0.39, 0.29) is 0 Å². The lowest BCUT2D eigenvalue weighted by atomic mass is 10.1. The van der Waals surface area contributed by atoms with Crippen molar-refractivity contribution in [3.8, 4) is 5.75 Å². The number of nitrogens with two attached hydrogens (primary N) is 1. The van der Waals surface area contributed by atoms with Gasteiger partial charge >= 0.3 is 0 Å². The van der Waals surface area contributed by atoms with Crippen LogP contribution in [0.1, 0.15) is 24.7 Å². The van der Waals surface area contributed by atoms with E-state index < -0.39 is 0 Å². The Morgan fingerprint density at radius 2 is 2.25 bits per heavy atom. The molecule has 1 heterocycles. The van der Waals surface area contributed by atoms with E-state index in [0.717, 1.165) is 30.8 Å². The highest BCUT2D eigenvalue weighted by atomic mass is 35.5. The molecule has 0 saturated heterocycles. The highest BCUT2D eigenvalue weighted by Gasteiger charge is 2.07. The fourth-order valence-electron chi connectivity index (χ4n) is 1.92. The van der Waals surface area contributed by atoms with Gasteiger partial charge in [-0.15, -0.1) is 0 Å². The monoisotopic (exact) mass is 294 g/mol. The molecular formula is C14H19ClN4O. The summed E-state index contributed by atoms with van der Waals surface area (Å²) in [6, 6.07) is 5.74. The maximum absolute atomic E-state index is 6.20. The third-order valence-corrected chi connectivity index (χ3v) is 3.21. The second-order valence-corrected chi connectivity index (χ2v) is 4.90. The second-order valence-electron chi connectivity index (χ2n) is 4.49. The number of aromatic nitrogens is 3. The summed E-state index contributed by atoms with van der Waals surface area (Å²) in [5, 5.41) is 4.75. The van der Waals surface area contributed by atoms with E-state index in [9.17, 15) is 0 Å². The first kappa shape index (κ1) is 14.8. The van der Waals surface area contributed by atoms with Crippen LogP contribution in [0, 0.1) is 0 Å². The van der Waals surface area contributed by atoms with Gasteiger partial charge in [0.25, 0.3) is 0 Å². The lowest BCUT2D eigenvalue weighted by Gasteiger charge is -2.10. The van der Waals surface area contributed by atoms with E-state index in [0.29, 0.717) is 23.9 Å². The third-order valence-electron chi connectivity index (χ3n) is 2.92. The van der Waals surface area contributed by atoms with Crippen LogP contribution in [0.3, 0.4) is 0 Å². The quantitative estimate of drug-likeness (QED) is 0.851. The van der Waals surface area contributed by atoms with Gasteiger partial charge in [-0.2, -0.15) is 5.10 Å². The van der Waals surface area contributed by atoms with Crippen LogP contribution in [0.5, 0.6) is 5.75 Å². The SMILES string of the molecule is CCCn1ncnc1COc1ccc(CCN)cc1Cl. The van der Waals surface area contributed by atoms with Crippen LogP contribution in [0.2, 0.25) is 5.02 Å². The minimum absolute atomic E-state index is 0.357. The molecule has 1 aromatic heterocycles. The largest absolute Gasteiger partial charge is 0.484 e. The van der Waals surface area contributed by atoms with Gasteiger partial charge in [-0.05, 0) is 37.1 Å². The van der Waals surface area contributed by atoms with Crippen molar-refractivity contribution < 1.29 is 4.74 Å². The molecule has 6 heteroatoms.